The Hall–Kier alpha value is -2.84. The second-order valence-corrected chi connectivity index (χ2v) is 5.62. The van der Waals surface area contributed by atoms with E-state index in [-0.39, 0.29) is 17.4 Å². The highest BCUT2D eigenvalue weighted by molar-refractivity contribution is 5.96. The fraction of sp³-hybridized carbons (Fsp3) is 0.312. The van der Waals surface area contributed by atoms with Crippen molar-refractivity contribution in [3.63, 3.8) is 0 Å². The standard InChI is InChI=1S/C16H16F3N5O/c17-16(18,19)11-2-1-3-12(10-11)23-6-8-24(9-7-23)15(25)13-14(20)22-5-4-21-13/h1-5,10H,6-9H2,(H2,20,22). The summed E-state index contributed by atoms with van der Waals surface area (Å²) in [7, 11) is 0. The van der Waals surface area contributed by atoms with Crippen LogP contribution in [0.2, 0.25) is 0 Å². The van der Waals surface area contributed by atoms with E-state index in [4.69, 9.17) is 5.73 Å². The van der Waals surface area contributed by atoms with Crippen LogP contribution in [0, 0.1) is 0 Å². The fourth-order valence-electron chi connectivity index (χ4n) is 2.71. The highest BCUT2D eigenvalue weighted by Gasteiger charge is 2.31. The highest BCUT2D eigenvalue weighted by atomic mass is 19.4. The van der Waals surface area contributed by atoms with Crippen LogP contribution in [0.1, 0.15) is 16.1 Å². The molecule has 1 amide bonds. The molecule has 0 bridgehead atoms. The van der Waals surface area contributed by atoms with Gasteiger partial charge in [0.25, 0.3) is 5.91 Å². The first kappa shape index (κ1) is 17.0. The summed E-state index contributed by atoms with van der Waals surface area (Å²) in [6.45, 7) is 1.58. The van der Waals surface area contributed by atoms with Crippen LogP contribution < -0.4 is 10.6 Å². The molecule has 1 aromatic carbocycles. The van der Waals surface area contributed by atoms with E-state index in [1.165, 1.54) is 18.5 Å². The predicted octanol–water partition coefficient (Wildman–Crippen LogP) is 2.04. The number of carbonyl (C=O) groups is 1. The minimum atomic E-state index is -4.38. The molecule has 25 heavy (non-hydrogen) atoms. The lowest BCUT2D eigenvalue weighted by atomic mass is 10.1. The van der Waals surface area contributed by atoms with Gasteiger partial charge in [-0.05, 0) is 18.2 Å². The lowest BCUT2D eigenvalue weighted by Gasteiger charge is -2.36. The summed E-state index contributed by atoms with van der Waals surface area (Å²) in [6.07, 6.45) is -1.59. The Morgan fingerprint density at radius 3 is 2.40 bits per heavy atom. The number of nitrogen functional groups attached to an aromatic ring is 1. The van der Waals surface area contributed by atoms with Gasteiger partial charge in [-0.3, -0.25) is 4.79 Å². The normalized spacial score (nSPS) is 15.3. The van der Waals surface area contributed by atoms with Gasteiger partial charge in [-0.15, -0.1) is 0 Å². The molecule has 0 spiro atoms. The van der Waals surface area contributed by atoms with Gasteiger partial charge in [-0.25, -0.2) is 9.97 Å². The molecule has 1 aliphatic rings. The van der Waals surface area contributed by atoms with Crippen molar-refractivity contribution in [2.24, 2.45) is 0 Å². The van der Waals surface area contributed by atoms with Crippen LogP contribution >= 0.6 is 0 Å². The van der Waals surface area contributed by atoms with Crippen LogP contribution in [-0.2, 0) is 6.18 Å². The predicted molar refractivity (Wildman–Crippen MR) is 86.0 cm³/mol. The number of amides is 1. The number of anilines is 2. The largest absolute Gasteiger partial charge is 0.416 e. The quantitative estimate of drug-likeness (QED) is 0.896. The molecule has 3 rings (SSSR count). The number of aromatic nitrogens is 2. The molecule has 132 valence electrons. The van der Waals surface area contributed by atoms with Crippen molar-refractivity contribution in [1.29, 1.82) is 0 Å². The van der Waals surface area contributed by atoms with Gasteiger partial charge >= 0.3 is 6.18 Å². The van der Waals surface area contributed by atoms with Crippen molar-refractivity contribution >= 4 is 17.4 Å². The third kappa shape index (κ3) is 3.65. The maximum absolute atomic E-state index is 12.8. The van der Waals surface area contributed by atoms with Crippen molar-refractivity contribution in [3.8, 4) is 0 Å². The molecular weight excluding hydrogens is 335 g/mol. The number of hydrogen-bond acceptors (Lipinski definition) is 5. The number of nitrogens with zero attached hydrogens (tertiary/aromatic N) is 4. The van der Waals surface area contributed by atoms with Crippen molar-refractivity contribution in [2.45, 2.75) is 6.18 Å². The summed E-state index contributed by atoms with van der Waals surface area (Å²) in [4.78, 5) is 23.6. The third-order valence-corrected chi connectivity index (χ3v) is 4.03. The second kappa shape index (κ2) is 6.58. The zero-order chi connectivity index (χ0) is 18.0. The van der Waals surface area contributed by atoms with Crippen LogP contribution in [-0.4, -0.2) is 47.0 Å². The van der Waals surface area contributed by atoms with E-state index in [0.29, 0.717) is 31.9 Å². The molecule has 0 atom stereocenters. The minimum absolute atomic E-state index is 0.0628. The summed E-state index contributed by atoms with van der Waals surface area (Å²) in [5.41, 5.74) is 5.56. The van der Waals surface area contributed by atoms with Crippen LogP contribution in [0.5, 0.6) is 0 Å². The highest BCUT2D eigenvalue weighted by Crippen LogP contribution is 2.31. The van der Waals surface area contributed by atoms with Gasteiger partial charge < -0.3 is 15.5 Å². The summed E-state index contributed by atoms with van der Waals surface area (Å²) in [5, 5.41) is 0. The second-order valence-electron chi connectivity index (χ2n) is 5.62. The molecule has 1 saturated heterocycles. The molecule has 6 nitrogen and oxygen atoms in total. The molecule has 0 unspecified atom stereocenters. The van der Waals surface area contributed by atoms with Gasteiger partial charge in [0.1, 0.15) is 0 Å². The maximum Gasteiger partial charge on any atom is 0.416 e. The molecule has 0 saturated carbocycles. The third-order valence-electron chi connectivity index (χ3n) is 4.03. The first-order chi connectivity index (χ1) is 11.9. The fourth-order valence-corrected chi connectivity index (χ4v) is 2.71. The Bertz CT molecular complexity index is 772. The Morgan fingerprint density at radius 1 is 1.08 bits per heavy atom. The lowest BCUT2D eigenvalue weighted by molar-refractivity contribution is -0.137. The average molecular weight is 351 g/mol. The number of alkyl halides is 3. The van der Waals surface area contributed by atoms with Crippen molar-refractivity contribution in [2.75, 3.05) is 36.8 Å². The molecule has 2 heterocycles. The summed E-state index contributed by atoms with van der Waals surface area (Å²) in [5.74, 6) is -0.262. The van der Waals surface area contributed by atoms with E-state index in [0.717, 1.165) is 12.1 Å². The van der Waals surface area contributed by atoms with Gasteiger partial charge in [0, 0.05) is 44.3 Å². The van der Waals surface area contributed by atoms with E-state index in [1.54, 1.807) is 11.0 Å². The van der Waals surface area contributed by atoms with Crippen molar-refractivity contribution in [1.82, 2.24) is 14.9 Å². The number of hydrogen-bond donors (Lipinski definition) is 1. The summed E-state index contributed by atoms with van der Waals surface area (Å²) >= 11 is 0. The van der Waals surface area contributed by atoms with Crippen molar-refractivity contribution < 1.29 is 18.0 Å². The van der Waals surface area contributed by atoms with Gasteiger partial charge in [-0.1, -0.05) is 6.07 Å². The molecule has 1 aromatic heterocycles. The van der Waals surface area contributed by atoms with E-state index in [9.17, 15) is 18.0 Å². The van der Waals surface area contributed by atoms with Crippen LogP contribution in [0.3, 0.4) is 0 Å². The molecule has 0 aliphatic carbocycles. The Labute approximate surface area is 142 Å². The number of rotatable bonds is 2. The molecule has 1 fully saturated rings. The van der Waals surface area contributed by atoms with E-state index >= 15 is 0 Å². The first-order valence-corrected chi connectivity index (χ1v) is 7.64. The van der Waals surface area contributed by atoms with Crippen LogP contribution in [0.25, 0.3) is 0 Å². The first-order valence-electron chi connectivity index (χ1n) is 7.64. The topological polar surface area (TPSA) is 75.3 Å². The number of benzene rings is 1. The Balaban J connectivity index is 1.68. The summed E-state index contributed by atoms with van der Waals surface area (Å²) < 4.78 is 38.5. The van der Waals surface area contributed by atoms with Crippen LogP contribution in [0.4, 0.5) is 24.7 Å². The SMILES string of the molecule is Nc1nccnc1C(=O)N1CCN(c2cccc(C(F)(F)F)c2)CC1. The smallest absolute Gasteiger partial charge is 0.382 e. The minimum Gasteiger partial charge on any atom is -0.382 e. The Morgan fingerprint density at radius 2 is 1.76 bits per heavy atom. The molecule has 2 aromatic rings. The van der Waals surface area contributed by atoms with E-state index in [1.807, 2.05) is 4.90 Å². The number of carbonyl (C=O) groups excluding carboxylic acids is 1. The molecular formula is C16H16F3N5O. The summed E-state index contributed by atoms with van der Waals surface area (Å²) in [6, 6.07) is 5.18. The number of halogens is 3. The molecule has 2 N–H and O–H groups in total. The number of piperazine rings is 1. The lowest BCUT2D eigenvalue weighted by Crippen LogP contribution is -2.49. The molecule has 9 heteroatoms. The molecule has 0 radical (unpaired) electrons. The van der Waals surface area contributed by atoms with E-state index in [2.05, 4.69) is 9.97 Å². The molecule has 1 aliphatic heterocycles. The van der Waals surface area contributed by atoms with Crippen molar-refractivity contribution in [3.05, 3.63) is 47.9 Å². The van der Waals surface area contributed by atoms with E-state index < -0.39 is 11.7 Å². The maximum atomic E-state index is 12.8. The van der Waals surface area contributed by atoms with Gasteiger partial charge in [0.05, 0.1) is 5.56 Å². The zero-order valence-electron chi connectivity index (χ0n) is 13.2. The van der Waals surface area contributed by atoms with Crippen LogP contribution in [0.15, 0.2) is 36.7 Å². The Kier molecular flexibility index (Phi) is 4.47. The monoisotopic (exact) mass is 351 g/mol. The van der Waals surface area contributed by atoms with Gasteiger partial charge in [-0.2, -0.15) is 13.2 Å². The zero-order valence-corrected chi connectivity index (χ0v) is 13.2. The van der Waals surface area contributed by atoms with Gasteiger partial charge in [0.2, 0.25) is 0 Å². The number of nitrogens with two attached hydrogens (primary N) is 1. The average Bonchev–Trinajstić information content (AvgIpc) is 2.61. The van der Waals surface area contributed by atoms with Gasteiger partial charge in [0.15, 0.2) is 11.5 Å².